The van der Waals surface area contributed by atoms with Crippen LogP contribution < -0.4 is 4.65 Å². The fourth-order valence-electron chi connectivity index (χ4n) is 6.00. The maximum absolute atomic E-state index is 13.6. The van der Waals surface area contributed by atoms with Gasteiger partial charge >= 0.3 is 0 Å². The molecule has 0 spiro atoms. The Kier molecular flexibility index (Phi) is 8.69. The maximum Gasteiger partial charge on any atom is 0.162 e. The van der Waals surface area contributed by atoms with Crippen LogP contribution in [0.3, 0.4) is 0 Å². The third-order valence-electron chi connectivity index (χ3n) is 8.76. The molecular formula is C32H36Cl2N2O4. The van der Waals surface area contributed by atoms with E-state index in [0.717, 1.165) is 37.2 Å². The molecule has 212 valence electrons. The fourth-order valence-corrected chi connectivity index (χ4v) is 6.25. The van der Waals surface area contributed by atoms with Gasteiger partial charge in [0.05, 0.1) is 18.7 Å². The summed E-state index contributed by atoms with van der Waals surface area (Å²) in [6, 6.07) is 21.6. The number of piperidine rings is 2. The normalized spacial score (nSPS) is 25.0. The number of rotatable bonds is 8. The molecule has 0 saturated carbocycles. The summed E-state index contributed by atoms with van der Waals surface area (Å²) in [6.45, 7) is 2.87. The van der Waals surface area contributed by atoms with Crippen molar-refractivity contribution in [1.29, 1.82) is 0 Å². The molecule has 2 saturated heterocycles. The number of aliphatic hydroxyl groups is 2. The van der Waals surface area contributed by atoms with Crippen LogP contribution in [-0.2, 0) is 11.2 Å². The lowest BCUT2D eigenvalue weighted by atomic mass is 9.84. The lowest BCUT2D eigenvalue weighted by molar-refractivity contribution is -0.0260. The molecule has 40 heavy (non-hydrogen) atoms. The van der Waals surface area contributed by atoms with Crippen molar-refractivity contribution in [2.45, 2.75) is 49.7 Å². The zero-order valence-corrected chi connectivity index (χ0v) is 24.1. The Morgan fingerprint density at radius 2 is 1.25 bits per heavy atom. The zero-order chi connectivity index (χ0) is 28.4. The van der Waals surface area contributed by atoms with E-state index in [-0.39, 0.29) is 18.9 Å². The average molecular weight is 584 g/mol. The highest BCUT2D eigenvalue weighted by Gasteiger charge is 2.40. The summed E-state index contributed by atoms with van der Waals surface area (Å²) in [7, 11) is 0. The Labute approximate surface area is 245 Å². The van der Waals surface area contributed by atoms with E-state index in [4.69, 9.17) is 23.2 Å². The van der Waals surface area contributed by atoms with Gasteiger partial charge in [-0.1, -0.05) is 47.5 Å². The summed E-state index contributed by atoms with van der Waals surface area (Å²) < 4.78 is -0.512. The van der Waals surface area contributed by atoms with Gasteiger partial charge in [0.15, 0.2) is 5.78 Å². The number of nitrogens with zero attached hydrogens (tertiary/aromatic N) is 2. The molecule has 0 radical (unpaired) electrons. The highest BCUT2D eigenvalue weighted by atomic mass is 35.5. The van der Waals surface area contributed by atoms with E-state index in [9.17, 15) is 20.2 Å². The number of benzene rings is 3. The molecule has 5 rings (SSSR count). The number of hydrogen-bond acceptors (Lipinski definition) is 5. The van der Waals surface area contributed by atoms with E-state index in [1.165, 1.54) is 0 Å². The maximum atomic E-state index is 13.6. The van der Waals surface area contributed by atoms with Crippen molar-refractivity contribution in [2.24, 2.45) is 0 Å². The van der Waals surface area contributed by atoms with Crippen LogP contribution in [0.5, 0.6) is 0 Å². The molecular weight excluding hydrogens is 547 g/mol. The number of Topliss-reactive ketones (excluding diaryl/α,β-unsaturated/α-hetero) is 1. The highest BCUT2D eigenvalue weighted by Crippen LogP contribution is 2.38. The van der Waals surface area contributed by atoms with Crippen LogP contribution in [-0.4, -0.2) is 53.6 Å². The Hall–Kier alpha value is -2.29. The first-order valence-electron chi connectivity index (χ1n) is 14.0. The highest BCUT2D eigenvalue weighted by molar-refractivity contribution is 6.30. The molecule has 0 amide bonds. The smallest absolute Gasteiger partial charge is 0.162 e. The Morgan fingerprint density at radius 3 is 1.75 bits per heavy atom. The second kappa shape index (κ2) is 11.9. The zero-order valence-electron chi connectivity index (χ0n) is 22.6. The molecule has 0 unspecified atom stereocenters. The van der Waals surface area contributed by atoms with Crippen LogP contribution in [0.25, 0.3) is 0 Å². The monoisotopic (exact) mass is 582 g/mol. The van der Waals surface area contributed by atoms with Gasteiger partial charge in [-0.05, 0) is 73.3 Å². The van der Waals surface area contributed by atoms with E-state index >= 15 is 0 Å². The van der Waals surface area contributed by atoms with Gasteiger partial charge in [0.1, 0.15) is 11.3 Å². The van der Waals surface area contributed by atoms with Crippen LogP contribution in [0.15, 0.2) is 72.8 Å². The number of ketones is 1. The number of hydroxylamine groups is 2. The standard InChI is InChI=1S/C32H36Cl2N2O4/c33-27-9-5-25(6-10-27)31(38)15-20-35(21-16-31)19-1-2-30(37)24-3-13-29(14-4-24)36(40)22-17-32(39,18-23-36)26-7-11-28(34)12-8-26/h3-14,38-39H,1-2,15-23H2. The van der Waals surface area contributed by atoms with E-state index in [0.29, 0.717) is 53.4 Å². The molecule has 2 N–H and O–H groups in total. The molecule has 0 aliphatic carbocycles. The molecule has 2 aliphatic heterocycles. The van der Waals surface area contributed by atoms with Crippen LogP contribution in [0.1, 0.15) is 60.0 Å². The average Bonchev–Trinajstić information content (AvgIpc) is 2.96. The van der Waals surface area contributed by atoms with Crippen LogP contribution in [0, 0.1) is 5.21 Å². The number of hydrogen-bond donors (Lipinski definition) is 2. The van der Waals surface area contributed by atoms with Gasteiger partial charge in [0.2, 0.25) is 0 Å². The first-order chi connectivity index (χ1) is 19.1. The van der Waals surface area contributed by atoms with Gasteiger partial charge in [0, 0.05) is 60.1 Å². The van der Waals surface area contributed by atoms with Gasteiger partial charge in [-0.25, -0.2) is 0 Å². The van der Waals surface area contributed by atoms with Crippen molar-refractivity contribution in [3.8, 4) is 0 Å². The molecule has 2 fully saturated rings. The quantitative estimate of drug-likeness (QED) is 0.182. The van der Waals surface area contributed by atoms with Crippen molar-refractivity contribution >= 4 is 34.7 Å². The molecule has 3 aromatic carbocycles. The van der Waals surface area contributed by atoms with Gasteiger partial charge < -0.3 is 25.0 Å². The molecule has 8 heteroatoms. The molecule has 0 aromatic heterocycles. The summed E-state index contributed by atoms with van der Waals surface area (Å²) in [6.07, 6.45) is 3.18. The number of quaternary nitrogens is 1. The summed E-state index contributed by atoms with van der Waals surface area (Å²) in [5.74, 6) is 0.0643. The third-order valence-corrected chi connectivity index (χ3v) is 9.26. The van der Waals surface area contributed by atoms with E-state index in [1.807, 2.05) is 36.4 Å². The minimum atomic E-state index is -1.03. The molecule has 6 nitrogen and oxygen atoms in total. The van der Waals surface area contributed by atoms with E-state index in [2.05, 4.69) is 4.90 Å². The second-order valence-corrected chi connectivity index (χ2v) is 12.2. The van der Waals surface area contributed by atoms with Crippen molar-refractivity contribution in [1.82, 2.24) is 9.55 Å². The van der Waals surface area contributed by atoms with Crippen molar-refractivity contribution in [3.05, 3.63) is 105 Å². The molecule has 2 aliphatic rings. The Balaban J connectivity index is 1.09. The fraction of sp³-hybridized carbons (Fsp3) is 0.406. The van der Waals surface area contributed by atoms with Crippen molar-refractivity contribution in [2.75, 3.05) is 32.7 Å². The number of likely N-dealkylation sites (tertiary alicyclic amines) is 1. The van der Waals surface area contributed by atoms with Gasteiger partial charge in [0.25, 0.3) is 0 Å². The number of carbonyl (C=O) groups is 1. The summed E-state index contributed by atoms with van der Waals surface area (Å²) in [5, 5.41) is 37.0. The van der Waals surface area contributed by atoms with Crippen LogP contribution in [0.2, 0.25) is 10.0 Å². The second-order valence-electron chi connectivity index (χ2n) is 11.3. The third kappa shape index (κ3) is 6.44. The Morgan fingerprint density at radius 1 is 0.775 bits per heavy atom. The predicted octanol–water partition coefficient (Wildman–Crippen LogP) is 6.43. The molecule has 0 bridgehead atoms. The van der Waals surface area contributed by atoms with E-state index in [1.54, 1.807) is 36.4 Å². The SMILES string of the molecule is O=C(CCCN1CCC(O)(c2ccc(Cl)cc2)CC1)c1ccc([N+]2([O-])CCC(O)(c3ccc(Cl)cc3)CC2)cc1. The lowest BCUT2D eigenvalue weighted by Gasteiger charge is -2.49. The van der Waals surface area contributed by atoms with Crippen LogP contribution in [0.4, 0.5) is 5.69 Å². The van der Waals surface area contributed by atoms with E-state index < -0.39 is 15.8 Å². The predicted molar refractivity (Wildman–Crippen MR) is 161 cm³/mol. The Bertz CT molecular complexity index is 1300. The molecule has 0 atom stereocenters. The summed E-state index contributed by atoms with van der Waals surface area (Å²) >= 11 is 12.0. The molecule has 2 heterocycles. The number of carbonyl (C=O) groups excluding carboxylic acids is 1. The number of halogens is 2. The molecule has 3 aromatic rings. The van der Waals surface area contributed by atoms with Crippen LogP contribution >= 0.6 is 23.2 Å². The van der Waals surface area contributed by atoms with Crippen molar-refractivity contribution < 1.29 is 15.0 Å². The van der Waals surface area contributed by atoms with Gasteiger partial charge in [-0.3, -0.25) is 4.79 Å². The minimum absolute atomic E-state index is 0.0643. The van der Waals surface area contributed by atoms with Gasteiger partial charge in [-0.2, -0.15) is 0 Å². The lowest BCUT2D eigenvalue weighted by Crippen LogP contribution is -2.53. The summed E-state index contributed by atoms with van der Waals surface area (Å²) in [5.41, 5.74) is 1.04. The minimum Gasteiger partial charge on any atom is -0.627 e. The van der Waals surface area contributed by atoms with Crippen molar-refractivity contribution in [3.63, 3.8) is 0 Å². The largest absolute Gasteiger partial charge is 0.627 e. The summed E-state index contributed by atoms with van der Waals surface area (Å²) in [4.78, 5) is 15.1. The topological polar surface area (TPSA) is 83.8 Å². The van der Waals surface area contributed by atoms with Gasteiger partial charge in [-0.15, -0.1) is 0 Å². The first kappa shape index (κ1) is 29.2. The first-order valence-corrected chi connectivity index (χ1v) is 14.8.